The molecule has 0 saturated carbocycles. The van der Waals surface area contributed by atoms with Crippen LogP contribution in [-0.4, -0.2) is 49.7 Å². The van der Waals surface area contributed by atoms with Crippen molar-refractivity contribution in [2.45, 2.75) is 38.0 Å². The molecule has 27 heavy (non-hydrogen) atoms. The lowest BCUT2D eigenvalue weighted by Gasteiger charge is -2.33. The lowest BCUT2D eigenvalue weighted by Crippen LogP contribution is -2.50. The lowest BCUT2D eigenvalue weighted by molar-refractivity contribution is 0.0664. The molecule has 146 valence electrons. The largest absolute Gasteiger partial charge is 0.456 e. The third kappa shape index (κ3) is 4.09. The molecule has 1 aromatic carbocycles. The first kappa shape index (κ1) is 19.6. The van der Waals surface area contributed by atoms with Gasteiger partial charge in [0.2, 0.25) is 10.0 Å². The number of carbonyl (C=O) groups is 1. The number of hydrogen-bond donors (Lipinski definition) is 0. The van der Waals surface area contributed by atoms with Crippen molar-refractivity contribution in [2.75, 3.05) is 26.2 Å². The molecule has 0 radical (unpaired) electrons. The maximum absolute atomic E-state index is 12.9. The van der Waals surface area contributed by atoms with E-state index in [0.29, 0.717) is 35.4 Å². The molecule has 7 heteroatoms. The van der Waals surface area contributed by atoms with E-state index in [4.69, 9.17) is 4.42 Å². The van der Waals surface area contributed by atoms with Gasteiger partial charge in [-0.05, 0) is 49.1 Å². The van der Waals surface area contributed by atoms with Crippen molar-refractivity contribution in [3.8, 4) is 0 Å². The summed E-state index contributed by atoms with van der Waals surface area (Å²) in [5.41, 5.74) is 1.14. The summed E-state index contributed by atoms with van der Waals surface area (Å²) < 4.78 is 32.6. The Hall–Kier alpha value is -2.12. The Morgan fingerprint density at radius 1 is 1.07 bits per heavy atom. The second-order valence-electron chi connectivity index (χ2n) is 6.98. The second-order valence-corrected chi connectivity index (χ2v) is 8.92. The van der Waals surface area contributed by atoms with Crippen LogP contribution in [0.25, 0.3) is 0 Å². The summed E-state index contributed by atoms with van der Waals surface area (Å²) in [4.78, 5) is 14.4. The standard InChI is InChI=1S/C20H26N2O4S/c1-4-15(2)17-6-8-18(9-7-17)27(24,25)22-13-11-21(12-14-22)20(23)19-10-5-16(3)26-19/h5-10,15H,4,11-14H2,1-3H3. The monoisotopic (exact) mass is 390 g/mol. The Labute approximate surface area is 160 Å². The number of aryl methyl sites for hydroxylation is 1. The highest BCUT2D eigenvalue weighted by Crippen LogP contribution is 2.23. The number of piperazine rings is 1. The molecule has 1 aliphatic heterocycles. The average molecular weight is 391 g/mol. The summed E-state index contributed by atoms with van der Waals surface area (Å²) in [6.45, 7) is 7.28. The quantitative estimate of drug-likeness (QED) is 0.786. The molecule has 1 fully saturated rings. The second kappa shape index (κ2) is 7.86. The highest BCUT2D eigenvalue weighted by Gasteiger charge is 2.31. The summed E-state index contributed by atoms with van der Waals surface area (Å²) in [5.74, 6) is 1.18. The average Bonchev–Trinajstić information content (AvgIpc) is 3.13. The van der Waals surface area contributed by atoms with E-state index < -0.39 is 10.0 Å². The van der Waals surface area contributed by atoms with Gasteiger partial charge in [0.1, 0.15) is 5.76 Å². The van der Waals surface area contributed by atoms with Crippen molar-refractivity contribution in [1.29, 1.82) is 0 Å². The topological polar surface area (TPSA) is 70.8 Å². The fraction of sp³-hybridized carbons (Fsp3) is 0.450. The first-order valence-corrected chi connectivity index (χ1v) is 10.7. The van der Waals surface area contributed by atoms with Crippen LogP contribution < -0.4 is 0 Å². The molecule has 0 N–H and O–H groups in total. The number of benzene rings is 1. The van der Waals surface area contributed by atoms with E-state index in [1.807, 2.05) is 12.1 Å². The number of sulfonamides is 1. The molecule has 0 bridgehead atoms. The first-order chi connectivity index (χ1) is 12.8. The minimum Gasteiger partial charge on any atom is -0.456 e. The van der Waals surface area contributed by atoms with Crippen LogP contribution in [-0.2, 0) is 10.0 Å². The van der Waals surface area contributed by atoms with E-state index in [2.05, 4.69) is 13.8 Å². The normalized spacial score (nSPS) is 17.1. The van der Waals surface area contributed by atoms with Gasteiger partial charge in [-0.3, -0.25) is 4.79 Å². The van der Waals surface area contributed by atoms with Crippen molar-refractivity contribution >= 4 is 15.9 Å². The van der Waals surface area contributed by atoms with E-state index in [1.165, 1.54) is 4.31 Å². The van der Waals surface area contributed by atoms with Gasteiger partial charge in [-0.15, -0.1) is 0 Å². The maximum Gasteiger partial charge on any atom is 0.289 e. The van der Waals surface area contributed by atoms with E-state index >= 15 is 0 Å². The van der Waals surface area contributed by atoms with Gasteiger partial charge in [0.05, 0.1) is 4.90 Å². The Balaban J connectivity index is 1.66. The zero-order valence-electron chi connectivity index (χ0n) is 16.0. The van der Waals surface area contributed by atoms with Crippen molar-refractivity contribution < 1.29 is 17.6 Å². The number of amides is 1. The molecular weight excluding hydrogens is 364 g/mol. The predicted molar refractivity (Wildman–Crippen MR) is 103 cm³/mol. The van der Waals surface area contributed by atoms with E-state index in [9.17, 15) is 13.2 Å². The molecule has 2 aromatic rings. The molecule has 0 spiro atoms. The van der Waals surface area contributed by atoms with Gasteiger partial charge in [-0.1, -0.05) is 26.0 Å². The van der Waals surface area contributed by atoms with Gasteiger partial charge in [0, 0.05) is 26.2 Å². The minimum atomic E-state index is -3.55. The van der Waals surface area contributed by atoms with Crippen LogP contribution in [0.2, 0.25) is 0 Å². The van der Waals surface area contributed by atoms with Crippen LogP contribution in [0, 0.1) is 6.92 Å². The fourth-order valence-electron chi connectivity index (χ4n) is 3.19. The smallest absolute Gasteiger partial charge is 0.289 e. The molecule has 1 atom stereocenters. The van der Waals surface area contributed by atoms with Crippen LogP contribution in [0.4, 0.5) is 0 Å². The number of hydrogen-bond acceptors (Lipinski definition) is 4. The molecule has 1 saturated heterocycles. The summed E-state index contributed by atoms with van der Waals surface area (Å²) in [7, 11) is -3.55. The molecule has 1 aliphatic rings. The number of carbonyl (C=O) groups excluding carboxylic acids is 1. The molecule has 1 unspecified atom stereocenters. The van der Waals surface area contributed by atoms with Crippen molar-refractivity contribution in [3.63, 3.8) is 0 Å². The molecule has 1 aromatic heterocycles. The van der Waals surface area contributed by atoms with Crippen molar-refractivity contribution in [2.24, 2.45) is 0 Å². The molecule has 3 rings (SSSR count). The molecule has 0 aliphatic carbocycles. The number of furan rings is 1. The third-order valence-electron chi connectivity index (χ3n) is 5.18. The van der Waals surface area contributed by atoms with Gasteiger partial charge < -0.3 is 9.32 Å². The van der Waals surface area contributed by atoms with Gasteiger partial charge >= 0.3 is 0 Å². The van der Waals surface area contributed by atoms with E-state index in [1.54, 1.807) is 36.1 Å². The van der Waals surface area contributed by atoms with Gasteiger partial charge in [0.25, 0.3) is 5.91 Å². The summed E-state index contributed by atoms with van der Waals surface area (Å²) in [5, 5.41) is 0. The van der Waals surface area contributed by atoms with Gasteiger partial charge in [-0.2, -0.15) is 4.31 Å². The SMILES string of the molecule is CCC(C)c1ccc(S(=O)(=O)N2CCN(C(=O)c3ccc(C)o3)CC2)cc1. The van der Waals surface area contributed by atoms with Gasteiger partial charge in [0.15, 0.2) is 5.76 Å². The number of nitrogens with zero attached hydrogens (tertiary/aromatic N) is 2. The maximum atomic E-state index is 12.9. The molecule has 1 amide bonds. The van der Waals surface area contributed by atoms with Crippen LogP contribution in [0.5, 0.6) is 0 Å². The van der Waals surface area contributed by atoms with Crippen LogP contribution >= 0.6 is 0 Å². The number of rotatable bonds is 5. The third-order valence-corrected chi connectivity index (χ3v) is 7.09. The van der Waals surface area contributed by atoms with Crippen LogP contribution in [0.1, 0.15) is 48.1 Å². The molecule has 2 heterocycles. The summed E-state index contributed by atoms with van der Waals surface area (Å²) >= 11 is 0. The highest BCUT2D eigenvalue weighted by atomic mass is 32.2. The van der Waals surface area contributed by atoms with Gasteiger partial charge in [-0.25, -0.2) is 8.42 Å². The Morgan fingerprint density at radius 2 is 1.70 bits per heavy atom. The zero-order chi connectivity index (χ0) is 19.6. The fourth-order valence-corrected chi connectivity index (χ4v) is 4.61. The summed E-state index contributed by atoms with van der Waals surface area (Å²) in [6, 6.07) is 10.5. The van der Waals surface area contributed by atoms with Crippen molar-refractivity contribution in [3.05, 3.63) is 53.5 Å². The summed E-state index contributed by atoms with van der Waals surface area (Å²) in [6.07, 6.45) is 1.01. The Bertz CT molecular complexity index is 894. The van der Waals surface area contributed by atoms with Crippen LogP contribution in [0.15, 0.2) is 45.7 Å². The van der Waals surface area contributed by atoms with Crippen molar-refractivity contribution in [1.82, 2.24) is 9.21 Å². The molecule has 6 nitrogen and oxygen atoms in total. The lowest BCUT2D eigenvalue weighted by atomic mass is 9.99. The first-order valence-electron chi connectivity index (χ1n) is 9.28. The zero-order valence-corrected chi connectivity index (χ0v) is 16.8. The Kier molecular flexibility index (Phi) is 5.72. The van der Waals surface area contributed by atoms with Crippen LogP contribution in [0.3, 0.4) is 0 Å². The molecular formula is C20H26N2O4S. The highest BCUT2D eigenvalue weighted by molar-refractivity contribution is 7.89. The predicted octanol–water partition coefficient (Wildman–Crippen LogP) is 3.25. The Morgan fingerprint density at radius 3 is 2.22 bits per heavy atom. The van der Waals surface area contributed by atoms with E-state index in [0.717, 1.165) is 12.0 Å². The minimum absolute atomic E-state index is 0.196. The van der Waals surface area contributed by atoms with E-state index in [-0.39, 0.29) is 19.0 Å².